The van der Waals surface area contributed by atoms with E-state index < -0.39 is 5.97 Å². The molecule has 6 heteroatoms. The Kier molecular flexibility index (Phi) is 5.84. The van der Waals surface area contributed by atoms with Gasteiger partial charge in [-0.2, -0.15) is 0 Å². The number of hydrogen-bond donors (Lipinski definition) is 0. The van der Waals surface area contributed by atoms with E-state index in [2.05, 4.69) is 11.1 Å². The average molecular weight is 406 g/mol. The highest BCUT2D eigenvalue weighted by molar-refractivity contribution is 5.94. The summed E-state index contributed by atoms with van der Waals surface area (Å²) in [4.78, 5) is 29.9. The Morgan fingerprint density at radius 2 is 1.83 bits per heavy atom. The minimum absolute atomic E-state index is 0.0290. The second-order valence-electron chi connectivity index (χ2n) is 7.84. The monoisotopic (exact) mass is 406 g/mol. The van der Waals surface area contributed by atoms with Crippen molar-refractivity contribution in [2.24, 2.45) is 0 Å². The van der Waals surface area contributed by atoms with E-state index in [0.29, 0.717) is 23.0 Å². The summed E-state index contributed by atoms with van der Waals surface area (Å²) in [6.07, 6.45) is 3.91. The number of fused-ring (bicyclic) bond motifs is 2. The molecule has 0 amide bonds. The van der Waals surface area contributed by atoms with E-state index >= 15 is 0 Å². The predicted molar refractivity (Wildman–Crippen MR) is 115 cm³/mol. The molecule has 156 valence electrons. The van der Waals surface area contributed by atoms with E-state index in [1.807, 2.05) is 26.0 Å². The lowest BCUT2D eigenvalue weighted by Crippen LogP contribution is -2.24. The minimum atomic E-state index is -0.447. The first kappa shape index (κ1) is 20.1. The van der Waals surface area contributed by atoms with Crippen molar-refractivity contribution in [3.8, 4) is 5.75 Å². The quantitative estimate of drug-likeness (QED) is 0.474. The molecule has 0 saturated heterocycles. The fourth-order valence-corrected chi connectivity index (χ4v) is 3.94. The summed E-state index contributed by atoms with van der Waals surface area (Å²) in [7, 11) is 0. The highest BCUT2D eigenvalue weighted by Gasteiger charge is 2.16. The van der Waals surface area contributed by atoms with Crippen LogP contribution < -0.4 is 10.3 Å². The number of aromatic nitrogens is 2. The lowest BCUT2D eigenvalue weighted by molar-refractivity contribution is 0.0450. The molecule has 4 rings (SSSR count). The molecule has 3 aromatic rings. The molecule has 0 N–H and O–H groups in total. The lowest BCUT2D eigenvalue weighted by Gasteiger charge is -2.11. The van der Waals surface area contributed by atoms with Crippen molar-refractivity contribution in [3.63, 3.8) is 0 Å². The van der Waals surface area contributed by atoms with Gasteiger partial charge in [0, 0.05) is 13.0 Å². The Hall–Kier alpha value is -3.15. The Morgan fingerprint density at radius 1 is 1.03 bits per heavy atom. The number of carbonyl (C=O) groups is 1. The molecule has 0 spiro atoms. The molecule has 0 bridgehead atoms. The number of nitrogens with zero attached hydrogens (tertiary/aromatic N) is 2. The first-order chi connectivity index (χ1) is 14.5. The van der Waals surface area contributed by atoms with E-state index in [1.54, 1.807) is 22.8 Å². The molecule has 2 aromatic carbocycles. The first-order valence-electron chi connectivity index (χ1n) is 10.4. The molecule has 1 aliphatic rings. The Bertz CT molecular complexity index is 1130. The molecule has 0 saturated carbocycles. The molecule has 6 nitrogen and oxygen atoms in total. The molecule has 30 heavy (non-hydrogen) atoms. The van der Waals surface area contributed by atoms with Crippen LogP contribution in [0.3, 0.4) is 0 Å². The normalized spacial score (nSPS) is 13.5. The number of esters is 1. The molecule has 0 aliphatic carbocycles. The summed E-state index contributed by atoms with van der Waals surface area (Å²) in [6, 6.07) is 10.9. The van der Waals surface area contributed by atoms with E-state index in [9.17, 15) is 9.59 Å². The highest BCUT2D eigenvalue weighted by atomic mass is 16.6. The van der Waals surface area contributed by atoms with Crippen molar-refractivity contribution < 1.29 is 14.3 Å². The third kappa shape index (κ3) is 4.37. The van der Waals surface area contributed by atoms with Crippen molar-refractivity contribution in [3.05, 3.63) is 69.3 Å². The minimum Gasteiger partial charge on any atom is -0.490 e. The average Bonchev–Trinajstić information content (AvgIpc) is 2.96. The van der Waals surface area contributed by atoms with Crippen LogP contribution in [-0.4, -0.2) is 28.7 Å². The van der Waals surface area contributed by atoms with Crippen LogP contribution in [0.15, 0.2) is 41.2 Å². The van der Waals surface area contributed by atoms with Crippen LogP contribution >= 0.6 is 0 Å². The van der Waals surface area contributed by atoms with Gasteiger partial charge in [0.25, 0.3) is 5.56 Å². The lowest BCUT2D eigenvalue weighted by atomic mass is 10.1. The van der Waals surface area contributed by atoms with Crippen molar-refractivity contribution >= 4 is 16.9 Å². The van der Waals surface area contributed by atoms with Crippen LogP contribution in [0.5, 0.6) is 5.75 Å². The molecule has 0 fully saturated rings. The Balaban J connectivity index is 1.43. The van der Waals surface area contributed by atoms with Gasteiger partial charge < -0.3 is 9.47 Å². The van der Waals surface area contributed by atoms with Crippen molar-refractivity contribution in [2.75, 3.05) is 13.2 Å². The van der Waals surface area contributed by atoms with Crippen LogP contribution in [0.1, 0.15) is 46.6 Å². The van der Waals surface area contributed by atoms with Gasteiger partial charge in [0.15, 0.2) is 0 Å². The van der Waals surface area contributed by atoms with Gasteiger partial charge in [-0.15, -0.1) is 0 Å². The maximum Gasteiger partial charge on any atom is 0.338 e. The van der Waals surface area contributed by atoms with E-state index in [4.69, 9.17) is 9.47 Å². The van der Waals surface area contributed by atoms with Gasteiger partial charge in [-0.3, -0.25) is 9.36 Å². The molecule has 1 aliphatic heterocycles. The summed E-state index contributed by atoms with van der Waals surface area (Å²) in [6.45, 7) is 5.15. The van der Waals surface area contributed by atoms with Crippen LogP contribution in [0.2, 0.25) is 0 Å². The molecule has 1 aromatic heterocycles. The second kappa shape index (κ2) is 8.69. The smallest absolute Gasteiger partial charge is 0.338 e. The molecule has 0 unspecified atom stereocenters. The number of hydrogen-bond acceptors (Lipinski definition) is 5. The molecular formula is C24H26N2O4. The molecule has 0 atom stereocenters. The van der Waals surface area contributed by atoms with Crippen molar-refractivity contribution in [1.82, 2.24) is 9.55 Å². The van der Waals surface area contributed by atoms with Crippen molar-refractivity contribution in [2.45, 2.75) is 46.1 Å². The first-order valence-corrected chi connectivity index (χ1v) is 10.4. The predicted octanol–water partition coefficient (Wildman–Crippen LogP) is 3.98. The van der Waals surface area contributed by atoms with Gasteiger partial charge in [-0.05, 0) is 68.1 Å². The summed E-state index contributed by atoms with van der Waals surface area (Å²) < 4.78 is 12.8. The summed E-state index contributed by atoms with van der Waals surface area (Å²) in [5.74, 6) is 1.12. The number of carbonyl (C=O) groups excluding carboxylic acids is 1. The maximum absolute atomic E-state index is 12.8. The van der Waals surface area contributed by atoms with E-state index in [0.717, 1.165) is 48.4 Å². The van der Waals surface area contributed by atoms with Gasteiger partial charge in [-0.1, -0.05) is 12.5 Å². The SMILES string of the molecule is Cc1cc(C)cc(OCCOC(=O)c2ccc3c(=O)n4c(nc3c2)CCCCC4)c1. The van der Waals surface area contributed by atoms with Gasteiger partial charge in [0.2, 0.25) is 0 Å². The topological polar surface area (TPSA) is 70.4 Å². The van der Waals surface area contributed by atoms with Crippen LogP contribution in [0, 0.1) is 13.8 Å². The summed E-state index contributed by atoms with van der Waals surface area (Å²) in [5, 5.41) is 0.537. The van der Waals surface area contributed by atoms with Gasteiger partial charge in [0.1, 0.15) is 24.8 Å². The van der Waals surface area contributed by atoms with E-state index in [-0.39, 0.29) is 18.8 Å². The fourth-order valence-electron chi connectivity index (χ4n) is 3.94. The third-order valence-electron chi connectivity index (χ3n) is 5.33. The number of benzene rings is 2. The summed E-state index contributed by atoms with van der Waals surface area (Å²) in [5.41, 5.74) is 3.16. The number of aryl methyl sites for hydroxylation is 3. The molecule has 0 radical (unpaired) electrons. The van der Waals surface area contributed by atoms with Crippen molar-refractivity contribution in [1.29, 1.82) is 0 Å². The third-order valence-corrected chi connectivity index (χ3v) is 5.33. The van der Waals surface area contributed by atoms with Gasteiger partial charge in [-0.25, -0.2) is 9.78 Å². The maximum atomic E-state index is 12.8. The zero-order valence-corrected chi connectivity index (χ0v) is 17.4. The number of ether oxygens (including phenoxy) is 2. The van der Waals surface area contributed by atoms with E-state index in [1.165, 1.54) is 0 Å². The van der Waals surface area contributed by atoms with Gasteiger partial charge >= 0.3 is 5.97 Å². The van der Waals surface area contributed by atoms with Crippen LogP contribution in [0.25, 0.3) is 10.9 Å². The van der Waals surface area contributed by atoms with Crippen LogP contribution in [-0.2, 0) is 17.7 Å². The van der Waals surface area contributed by atoms with Gasteiger partial charge in [0.05, 0.1) is 16.5 Å². The molecular weight excluding hydrogens is 380 g/mol. The second-order valence-corrected chi connectivity index (χ2v) is 7.84. The van der Waals surface area contributed by atoms with Crippen LogP contribution in [0.4, 0.5) is 0 Å². The number of rotatable bonds is 5. The largest absolute Gasteiger partial charge is 0.490 e. The highest BCUT2D eigenvalue weighted by Crippen LogP contribution is 2.18. The molecule has 2 heterocycles. The Labute approximate surface area is 175 Å². The standard InChI is InChI=1S/C24H26N2O4/c1-16-12-17(2)14-19(13-16)29-10-11-30-24(28)18-7-8-20-21(15-18)25-22-6-4-3-5-9-26(22)23(20)27/h7-8,12-15H,3-6,9-11H2,1-2H3. The zero-order chi connectivity index (χ0) is 21.1. The Morgan fingerprint density at radius 3 is 2.63 bits per heavy atom. The summed E-state index contributed by atoms with van der Waals surface area (Å²) >= 11 is 0. The zero-order valence-electron chi connectivity index (χ0n) is 17.4. The fraction of sp³-hybridized carbons (Fsp3) is 0.375.